The summed E-state index contributed by atoms with van der Waals surface area (Å²) in [5, 5.41) is 0.732. The van der Waals surface area contributed by atoms with Gasteiger partial charge in [-0.2, -0.15) is 0 Å². The molecule has 0 atom stereocenters. The zero-order chi connectivity index (χ0) is 12.8. The molecule has 0 aliphatic carbocycles. The lowest BCUT2D eigenvalue weighted by molar-refractivity contribution is -0.116. The van der Waals surface area contributed by atoms with Crippen molar-refractivity contribution in [2.45, 2.75) is 19.8 Å². The van der Waals surface area contributed by atoms with Gasteiger partial charge in [-0.3, -0.25) is 9.59 Å². The molecule has 0 bridgehead atoms. The van der Waals surface area contributed by atoms with E-state index >= 15 is 0 Å². The van der Waals surface area contributed by atoms with Crippen LogP contribution in [-0.2, 0) is 4.79 Å². The Morgan fingerprint density at radius 3 is 2.82 bits per heavy atom. The van der Waals surface area contributed by atoms with Crippen LogP contribution in [0.3, 0.4) is 0 Å². The van der Waals surface area contributed by atoms with Crippen molar-refractivity contribution in [1.29, 1.82) is 0 Å². The lowest BCUT2D eigenvalue weighted by Gasteiger charge is -2.19. The standard InChI is InChI=1S/C10H14ClN3O2S/c1-2-3-4-14(5-8(12)16)10-13-9(11)7(6-15)17-10/h6H,2-5H2,1H3,(H2,12,16). The number of rotatable bonds is 7. The summed E-state index contributed by atoms with van der Waals surface area (Å²) < 4.78 is 0. The molecule has 0 radical (unpaired) electrons. The van der Waals surface area contributed by atoms with Gasteiger partial charge in [0.15, 0.2) is 16.6 Å². The molecule has 0 aromatic carbocycles. The van der Waals surface area contributed by atoms with Crippen LogP contribution in [0.2, 0.25) is 5.15 Å². The monoisotopic (exact) mass is 275 g/mol. The molecule has 0 saturated carbocycles. The average Bonchev–Trinajstić information content (AvgIpc) is 2.65. The summed E-state index contributed by atoms with van der Waals surface area (Å²) in [6, 6.07) is 0. The summed E-state index contributed by atoms with van der Waals surface area (Å²) in [6.07, 6.45) is 2.57. The maximum Gasteiger partial charge on any atom is 0.237 e. The Morgan fingerprint density at radius 2 is 2.35 bits per heavy atom. The highest BCUT2D eigenvalue weighted by atomic mass is 35.5. The van der Waals surface area contributed by atoms with E-state index < -0.39 is 5.91 Å². The quantitative estimate of drug-likeness (QED) is 0.769. The Hall–Kier alpha value is -1.14. The minimum absolute atomic E-state index is 0.0855. The number of carbonyl (C=O) groups excluding carboxylic acids is 2. The van der Waals surface area contributed by atoms with E-state index in [1.54, 1.807) is 4.90 Å². The number of aldehydes is 1. The van der Waals surface area contributed by atoms with Crippen LogP contribution in [0.25, 0.3) is 0 Å². The van der Waals surface area contributed by atoms with Crippen LogP contribution in [0.5, 0.6) is 0 Å². The maximum atomic E-state index is 11.0. The first-order valence-corrected chi connectivity index (χ1v) is 6.42. The Morgan fingerprint density at radius 1 is 1.65 bits per heavy atom. The zero-order valence-corrected chi connectivity index (χ0v) is 11.1. The molecule has 1 amide bonds. The highest BCUT2D eigenvalue weighted by Gasteiger charge is 2.16. The third-order valence-electron chi connectivity index (χ3n) is 2.10. The minimum atomic E-state index is -0.430. The Bertz CT molecular complexity index is 408. The summed E-state index contributed by atoms with van der Waals surface area (Å²) in [6.45, 7) is 2.80. The molecule has 5 nitrogen and oxygen atoms in total. The molecule has 0 saturated heterocycles. The highest BCUT2D eigenvalue weighted by molar-refractivity contribution is 7.17. The number of aromatic nitrogens is 1. The van der Waals surface area contributed by atoms with Crippen LogP contribution in [0.4, 0.5) is 5.13 Å². The van der Waals surface area contributed by atoms with Crippen LogP contribution in [0, 0.1) is 0 Å². The lowest BCUT2D eigenvalue weighted by atomic mass is 10.3. The lowest BCUT2D eigenvalue weighted by Crippen LogP contribution is -2.34. The predicted octanol–water partition coefficient (Wildman–Crippen LogP) is 1.70. The summed E-state index contributed by atoms with van der Waals surface area (Å²) in [5.41, 5.74) is 5.17. The van der Waals surface area contributed by atoms with Gasteiger partial charge in [0.2, 0.25) is 5.91 Å². The summed E-state index contributed by atoms with van der Waals surface area (Å²) in [5.74, 6) is -0.430. The van der Waals surface area contributed by atoms with Crippen molar-refractivity contribution < 1.29 is 9.59 Å². The molecule has 1 rings (SSSR count). The van der Waals surface area contributed by atoms with E-state index in [0.717, 1.165) is 12.8 Å². The summed E-state index contributed by atoms with van der Waals surface area (Å²) in [7, 11) is 0. The number of nitrogens with two attached hydrogens (primary N) is 1. The number of amides is 1. The van der Waals surface area contributed by atoms with Gasteiger partial charge in [0, 0.05) is 6.54 Å². The molecule has 0 aliphatic rings. The van der Waals surface area contributed by atoms with E-state index in [9.17, 15) is 9.59 Å². The highest BCUT2D eigenvalue weighted by Crippen LogP contribution is 2.28. The normalized spacial score (nSPS) is 10.2. The number of carbonyl (C=O) groups is 2. The molecule has 0 fully saturated rings. The Balaban J connectivity index is 2.86. The Kier molecular flexibility index (Phi) is 5.37. The number of thiazole rings is 1. The van der Waals surface area contributed by atoms with Gasteiger partial charge < -0.3 is 10.6 Å². The minimum Gasteiger partial charge on any atom is -0.368 e. The van der Waals surface area contributed by atoms with Gasteiger partial charge in [-0.1, -0.05) is 36.3 Å². The molecule has 0 unspecified atom stereocenters. The van der Waals surface area contributed by atoms with E-state index in [4.69, 9.17) is 17.3 Å². The van der Waals surface area contributed by atoms with Crippen molar-refractivity contribution >= 4 is 40.3 Å². The smallest absolute Gasteiger partial charge is 0.237 e. The van der Waals surface area contributed by atoms with Gasteiger partial charge in [0.25, 0.3) is 0 Å². The first kappa shape index (κ1) is 13.9. The van der Waals surface area contributed by atoms with Gasteiger partial charge in [0.1, 0.15) is 4.88 Å². The number of nitrogens with zero attached hydrogens (tertiary/aromatic N) is 2. The molecule has 17 heavy (non-hydrogen) atoms. The predicted molar refractivity (Wildman–Crippen MR) is 68.8 cm³/mol. The number of hydrogen-bond donors (Lipinski definition) is 1. The van der Waals surface area contributed by atoms with E-state index in [1.807, 2.05) is 6.92 Å². The molecular weight excluding hydrogens is 262 g/mol. The zero-order valence-electron chi connectivity index (χ0n) is 9.48. The number of anilines is 1. The number of hydrogen-bond acceptors (Lipinski definition) is 5. The second kappa shape index (κ2) is 6.56. The topological polar surface area (TPSA) is 76.3 Å². The molecule has 0 aliphatic heterocycles. The van der Waals surface area contributed by atoms with Gasteiger partial charge >= 0.3 is 0 Å². The fraction of sp³-hybridized carbons (Fsp3) is 0.500. The van der Waals surface area contributed by atoms with Gasteiger partial charge in [-0.25, -0.2) is 4.98 Å². The van der Waals surface area contributed by atoms with E-state index in [1.165, 1.54) is 11.3 Å². The third kappa shape index (κ3) is 3.98. The first-order chi connectivity index (χ1) is 8.08. The second-order valence-corrected chi connectivity index (χ2v) is 4.88. The number of halogens is 1. The van der Waals surface area contributed by atoms with E-state index in [-0.39, 0.29) is 11.7 Å². The fourth-order valence-corrected chi connectivity index (χ4v) is 2.38. The largest absolute Gasteiger partial charge is 0.368 e. The van der Waals surface area contributed by atoms with Gasteiger partial charge in [-0.05, 0) is 6.42 Å². The molecule has 1 aromatic rings. The fourth-order valence-electron chi connectivity index (χ4n) is 1.29. The molecule has 94 valence electrons. The maximum absolute atomic E-state index is 11.0. The molecule has 1 aromatic heterocycles. The first-order valence-electron chi connectivity index (χ1n) is 5.23. The van der Waals surface area contributed by atoms with Crippen molar-refractivity contribution in [3.05, 3.63) is 10.0 Å². The summed E-state index contributed by atoms with van der Waals surface area (Å²) >= 11 is 6.95. The second-order valence-electron chi connectivity index (χ2n) is 3.51. The van der Waals surface area contributed by atoms with Gasteiger partial charge in [0.05, 0.1) is 6.54 Å². The number of unbranched alkanes of at least 4 members (excludes halogenated alkanes) is 1. The third-order valence-corrected chi connectivity index (χ3v) is 3.55. The van der Waals surface area contributed by atoms with Crippen LogP contribution >= 0.6 is 22.9 Å². The van der Waals surface area contributed by atoms with Crippen LogP contribution < -0.4 is 10.6 Å². The van der Waals surface area contributed by atoms with Crippen LogP contribution in [-0.4, -0.2) is 30.3 Å². The molecule has 0 spiro atoms. The Labute approximate surface area is 109 Å². The molecule has 7 heteroatoms. The summed E-state index contributed by atoms with van der Waals surface area (Å²) in [4.78, 5) is 27.8. The SMILES string of the molecule is CCCCN(CC(N)=O)c1nc(Cl)c(C=O)s1. The van der Waals surface area contributed by atoms with Crippen LogP contribution in [0.15, 0.2) is 0 Å². The van der Waals surface area contributed by atoms with Crippen molar-refractivity contribution in [2.24, 2.45) is 5.73 Å². The molecule has 2 N–H and O–H groups in total. The van der Waals surface area contributed by atoms with Crippen molar-refractivity contribution in [3.63, 3.8) is 0 Å². The molecular formula is C10H14ClN3O2S. The van der Waals surface area contributed by atoms with Crippen molar-refractivity contribution in [2.75, 3.05) is 18.0 Å². The van der Waals surface area contributed by atoms with E-state index in [2.05, 4.69) is 4.98 Å². The van der Waals surface area contributed by atoms with Gasteiger partial charge in [-0.15, -0.1) is 0 Å². The van der Waals surface area contributed by atoms with Crippen LogP contribution in [0.1, 0.15) is 29.4 Å². The average molecular weight is 276 g/mol. The van der Waals surface area contributed by atoms with E-state index in [0.29, 0.717) is 22.8 Å². The van der Waals surface area contributed by atoms with Crippen molar-refractivity contribution in [1.82, 2.24) is 4.98 Å². The molecule has 1 heterocycles. The number of primary amides is 1. The van der Waals surface area contributed by atoms with Crippen molar-refractivity contribution in [3.8, 4) is 0 Å².